The maximum atomic E-state index is 11.9. The highest BCUT2D eigenvalue weighted by molar-refractivity contribution is 5.93. The fourth-order valence-electron chi connectivity index (χ4n) is 3.46. The Morgan fingerprint density at radius 1 is 0.769 bits per heavy atom. The minimum absolute atomic E-state index is 0.334. The average molecular weight is 337 g/mol. The standard InChI is InChI=1S/C23H15NO2/c25-23-15-20(19-6-2-4-8-22(19)26-23)16-9-11-18(12-10-16)24-14-13-17-5-1-3-7-21(17)24/h1-15H. The first-order chi connectivity index (χ1) is 12.8. The van der Waals surface area contributed by atoms with Crippen molar-refractivity contribution in [3.8, 4) is 16.8 Å². The first-order valence-corrected chi connectivity index (χ1v) is 8.49. The summed E-state index contributed by atoms with van der Waals surface area (Å²) in [6.45, 7) is 0. The highest BCUT2D eigenvalue weighted by Gasteiger charge is 2.08. The molecule has 0 aliphatic rings. The quantitative estimate of drug-likeness (QED) is 0.404. The van der Waals surface area contributed by atoms with Crippen LogP contribution in [0.1, 0.15) is 0 Å². The van der Waals surface area contributed by atoms with Crippen LogP contribution in [0, 0.1) is 0 Å². The van der Waals surface area contributed by atoms with Crippen LogP contribution in [0.2, 0.25) is 0 Å². The van der Waals surface area contributed by atoms with E-state index in [1.807, 2.05) is 48.5 Å². The van der Waals surface area contributed by atoms with E-state index in [9.17, 15) is 4.79 Å². The molecule has 26 heavy (non-hydrogen) atoms. The van der Waals surface area contributed by atoms with Crippen LogP contribution < -0.4 is 5.63 Å². The lowest BCUT2D eigenvalue weighted by Gasteiger charge is -2.09. The molecule has 5 aromatic rings. The normalized spacial score (nSPS) is 11.2. The van der Waals surface area contributed by atoms with Gasteiger partial charge >= 0.3 is 5.63 Å². The van der Waals surface area contributed by atoms with Crippen LogP contribution in [-0.4, -0.2) is 4.57 Å². The first kappa shape index (κ1) is 14.7. The van der Waals surface area contributed by atoms with Gasteiger partial charge in [0.05, 0.1) is 5.52 Å². The van der Waals surface area contributed by atoms with Crippen LogP contribution in [0.3, 0.4) is 0 Å². The molecule has 3 heteroatoms. The number of fused-ring (bicyclic) bond motifs is 2. The largest absolute Gasteiger partial charge is 0.423 e. The van der Waals surface area contributed by atoms with Crippen molar-refractivity contribution in [2.24, 2.45) is 0 Å². The molecule has 2 heterocycles. The van der Waals surface area contributed by atoms with Crippen LogP contribution in [0.25, 0.3) is 38.7 Å². The van der Waals surface area contributed by atoms with Crippen LogP contribution >= 0.6 is 0 Å². The van der Waals surface area contributed by atoms with E-state index in [-0.39, 0.29) is 5.63 Å². The third-order valence-corrected chi connectivity index (χ3v) is 4.71. The molecule has 0 amide bonds. The predicted octanol–water partition coefficient (Wildman–Crippen LogP) is 5.40. The monoisotopic (exact) mass is 337 g/mol. The number of nitrogens with zero attached hydrogens (tertiary/aromatic N) is 1. The summed E-state index contributed by atoms with van der Waals surface area (Å²) in [7, 11) is 0. The molecule has 124 valence electrons. The molecule has 0 aliphatic heterocycles. The molecule has 0 unspecified atom stereocenters. The Bertz CT molecular complexity index is 1290. The van der Waals surface area contributed by atoms with E-state index in [2.05, 4.69) is 41.1 Å². The molecule has 5 rings (SSSR count). The van der Waals surface area contributed by atoms with Crippen molar-refractivity contribution in [1.29, 1.82) is 0 Å². The topological polar surface area (TPSA) is 35.1 Å². The summed E-state index contributed by atoms with van der Waals surface area (Å²) in [5, 5.41) is 2.15. The Hall–Kier alpha value is -3.59. The lowest BCUT2D eigenvalue weighted by Crippen LogP contribution is -1.98. The van der Waals surface area contributed by atoms with Gasteiger partial charge in [-0.05, 0) is 46.8 Å². The van der Waals surface area contributed by atoms with Crippen molar-refractivity contribution in [1.82, 2.24) is 4.57 Å². The molecule has 3 nitrogen and oxygen atoms in total. The Morgan fingerprint density at radius 3 is 2.42 bits per heavy atom. The summed E-state index contributed by atoms with van der Waals surface area (Å²) in [5.74, 6) is 0. The SMILES string of the molecule is O=c1cc(-c2ccc(-n3ccc4ccccc43)cc2)c2ccccc2o1. The Labute approximate surface area is 149 Å². The third kappa shape index (κ3) is 2.33. The molecular formula is C23H15NO2. The summed E-state index contributed by atoms with van der Waals surface area (Å²) in [6, 6.07) is 27.8. The van der Waals surface area contributed by atoms with Crippen molar-refractivity contribution in [2.75, 3.05) is 0 Å². The van der Waals surface area contributed by atoms with E-state index in [1.165, 1.54) is 10.9 Å². The van der Waals surface area contributed by atoms with E-state index < -0.39 is 0 Å². The van der Waals surface area contributed by atoms with Crippen LogP contribution in [0.15, 0.2) is 100 Å². The lowest BCUT2D eigenvalue weighted by molar-refractivity contribution is 0.561. The summed E-state index contributed by atoms with van der Waals surface area (Å²) >= 11 is 0. The predicted molar refractivity (Wildman–Crippen MR) is 105 cm³/mol. The van der Waals surface area contributed by atoms with Gasteiger partial charge in [0.1, 0.15) is 5.58 Å². The number of benzene rings is 3. The molecule has 0 fully saturated rings. The molecule has 0 radical (unpaired) electrons. The second kappa shape index (κ2) is 5.74. The van der Waals surface area contributed by atoms with Crippen molar-refractivity contribution in [3.05, 3.63) is 102 Å². The molecule has 3 aromatic carbocycles. The zero-order valence-electron chi connectivity index (χ0n) is 13.9. The Kier molecular flexibility index (Phi) is 3.25. The van der Waals surface area contributed by atoms with Crippen molar-refractivity contribution < 1.29 is 4.42 Å². The minimum atomic E-state index is -0.334. The minimum Gasteiger partial charge on any atom is -0.423 e. The fraction of sp³-hybridized carbons (Fsp3) is 0. The molecule has 0 aliphatic carbocycles. The van der Waals surface area contributed by atoms with Gasteiger partial charge < -0.3 is 8.98 Å². The molecule has 0 atom stereocenters. The zero-order valence-corrected chi connectivity index (χ0v) is 13.9. The molecule has 0 saturated carbocycles. The van der Waals surface area contributed by atoms with Crippen LogP contribution in [-0.2, 0) is 0 Å². The van der Waals surface area contributed by atoms with Crippen molar-refractivity contribution in [3.63, 3.8) is 0 Å². The molecule has 0 spiro atoms. The van der Waals surface area contributed by atoms with E-state index in [4.69, 9.17) is 4.42 Å². The van der Waals surface area contributed by atoms with Gasteiger partial charge in [0.25, 0.3) is 0 Å². The summed E-state index contributed by atoms with van der Waals surface area (Å²) < 4.78 is 7.46. The van der Waals surface area contributed by atoms with E-state index in [0.29, 0.717) is 5.58 Å². The summed E-state index contributed by atoms with van der Waals surface area (Å²) in [6.07, 6.45) is 2.08. The van der Waals surface area contributed by atoms with Gasteiger partial charge in [0.2, 0.25) is 0 Å². The zero-order chi connectivity index (χ0) is 17.5. The third-order valence-electron chi connectivity index (χ3n) is 4.71. The number of hydrogen-bond acceptors (Lipinski definition) is 2. The van der Waals surface area contributed by atoms with Crippen LogP contribution in [0.4, 0.5) is 0 Å². The highest BCUT2D eigenvalue weighted by atomic mass is 16.4. The number of para-hydroxylation sites is 2. The van der Waals surface area contributed by atoms with Crippen molar-refractivity contribution in [2.45, 2.75) is 0 Å². The number of rotatable bonds is 2. The first-order valence-electron chi connectivity index (χ1n) is 8.49. The molecule has 0 N–H and O–H groups in total. The van der Waals surface area contributed by atoms with Crippen molar-refractivity contribution >= 4 is 21.9 Å². The van der Waals surface area contributed by atoms with Gasteiger partial charge in [-0.2, -0.15) is 0 Å². The summed E-state index contributed by atoms with van der Waals surface area (Å²) in [5.41, 5.74) is 4.41. The maximum Gasteiger partial charge on any atom is 0.336 e. The molecular weight excluding hydrogens is 322 g/mol. The molecule has 0 bridgehead atoms. The fourth-order valence-corrected chi connectivity index (χ4v) is 3.46. The Balaban J connectivity index is 1.64. The van der Waals surface area contributed by atoms with Gasteiger partial charge in [-0.3, -0.25) is 0 Å². The second-order valence-electron chi connectivity index (χ2n) is 6.27. The van der Waals surface area contributed by atoms with E-state index in [1.54, 1.807) is 6.07 Å². The van der Waals surface area contributed by atoms with Gasteiger partial charge in [-0.25, -0.2) is 4.79 Å². The number of hydrogen-bond donors (Lipinski definition) is 0. The van der Waals surface area contributed by atoms with Crippen LogP contribution in [0.5, 0.6) is 0 Å². The maximum absolute atomic E-state index is 11.9. The lowest BCUT2D eigenvalue weighted by atomic mass is 10.0. The van der Waals surface area contributed by atoms with Gasteiger partial charge in [0.15, 0.2) is 0 Å². The average Bonchev–Trinajstić information content (AvgIpc) is 3.11. The molecule has 0 saturated heterocycles. The highest BCUT2D eigenvalue weighted by Crippen LogP contribution is 2.28. The number of aromatic nitrogens is 1. The smallest absolute Gasteiger partial charge is 0.336 e. The van der Waals surface area contributed by atoms with Gasteiger partial charge in [-0.15, -0.1) is 0 Å². The Morgan fingerprint density at radius 2 is 1.54 bits per heavy atom. The van der Waals surface area contributed by atoms with E-state index >= 15 is 0 Å². The van der Waals surface area contributed by atoms with Gasteiger partial charge in [-0.1, -0.05) is 48.5 Å². The molecule has 2 aromatic heterocycles. The summed E-state index contributed by atoms with van der Waals surface area (Å²) in [4.78, 5) is 11.9. The second-order valence-corrected chi connectivity index (χ2v) is 6.27. The van der Waals surface area contributed by atoms with Gasteiger partial charge in [0, 0.05) is 23.3 Å². The van der Waals surface area contributed by atoms with E-state index in [0.717, 1.165) is 22.2 Å².